The predicted octanol–water partition coefficient (Wildman–Crippen LogP) is 5.33. The summed E-state index contributed by atoms with van der Waals surface area (Å²) in [6, 6.07) is 0. The van der Waals surface area contributed by atoms with E-state index in [1.807, 2.05) is 0 Å². The van der Waals surface area contributed by atoms with Crippen LogP contribution in [0.3, 0.4) is 0 Å². The summed E-state index contributed by atoms with van der Waals surface area (Å²) in [5.74, 6) is -10.5. The van der Waals surface area contributed by atoms with Gasteiger partial charge in [-0.3, -0.25) is 0 Å². The van der Waals surface area contributed by atoms with Gasteiger partial charge < -0.3 is 9.47 Å². The van der Waals surface area contributed by atoms with Crippen molar-refractivity contribution in [1.29, 1.82) is 0 Å². The van der Waals surface area contributed by atoms with Gasteiger partial charge in [-0.15, -0.1) is 0 Å². The molecule has 0 bridgehead atoms. The highest BCUT2D eigenvalue weighted by atomic mass is 19.2. The highest BCUT2D eigenvalue weighted by molar-refractivity contribution is 5.69. The summed E-state index contributed by atoms with van der Waals surface area (Å²) in [7, 11) is 0. The number of carbonyl (C=O) groups is 1. The van der Waals surface area contributed by atoms with E-state index in [-0.39, 0.29) is 0 Å². The molecule has 26 heavy (non-hydrogen) atoms. The van der Waals surface area contributed by atoms with Crippen LogP contribution in [-0.4, -0.2) is 6.16 Å². The van der Waals surface area contributed by atoms with Gasteiger partial charge in [0.15, 0.2) is 46.4 Å². The lowest BCUT2D eigenvalue weighted by Crippen LogP contribution is -2.19. The zero-order valence-electron chi connectivity index (χ0n) is 14.0. The van der Waals surface area contributed by atoms with Crippen molar-refractivity contribution in [2.24, 2.45) is 0 Å². The molecule has 0 saturated heterocycles. The lowest BCUT2D eigenvalue weighted by Gasteiger charge is -2.14. The maximum absolute atomic E-state index is 14.0. The van der Waals surface area contributed by atoms with E-state index in [1.54, 1.807) is 0 Å². The van der Waals surface area contributed by atoms with Gasteiger partial charge in [-0.1, -0.05) is 0 Å². The molecule has 0 aliphatic carbocycles. The Kier molecular flexibility index (Phi) is 5.20. The normalized spacial score (nSPS) is 10.8. The summed E-state index contributed by atoms with van der Waals surface area (Å²) in [6.07, 6.45) is -1.75. The zero-order valence-corrected chi connectivity index (χ0v) is 14.0. The van der Waals surface area contributed by atoms with Crippen LogP contribution in [0.5, 0.6) is 11.5 Å². The second-order valence-corrected chi connectivity index (χ2v) is 5.50. The molecule has 9 heteroatoms. The second-order valence-electron chi connectivity index (χ2n) is 5.50. The summed E-state index contributed by atoms with van der Waals surface area (Å²) in [5.41, 5.74) is -2.83. The Morgan fingerprint density at radius 2 is 0.808 bits per heavy atom. The van der Waals surface area contributed by atoms with Crippen molar-refractivity contribution in [2.45, 2.75) is 27.7 Å². The first kappa shape index (κ1) is 19.6. The fourth-order valence-corrected chi connectivity index (χ4v) is 2.15. The molecule has 140 valence electrons. The Labute approximate surface area is 144 Å². The molecule has 2 rings (SSSR count). The van der Waals surface area contributed by atoms with E-state index in [4.69, 9.17) is 0 Å². The molecule has 0 spiro atoms. The molecule has 0 radical (unpaired) electrons. The Hall–Kier alpha value is -2.71. The van der Waals surface area contributed by atoms with Gasteiger partial charge in [0.1, 0.15) is 0 Å². The maximum atomic E-state index is 14.0. The van der Waals surface area contributed by atoms with Crippen molar-refractivity contribution < 1.29 is 40.6 Å². The Morgan fingerprint density at radius 1 is 0.538 bits per heavy atom. The van der Waals surface area contributed by atoms with E-state index >= 15 is 0 Å². The van der Waals surface area contributed by atoms with E-state index in [0.717, 1.165) is 27.7 Å². The topological polar surface area (TPSA) is 35.5 Å². The molecule has 0 N–H and O–H groups in total. The number of rotatable bonds is 2. The largest absolute Gasteiger partial charge is 0.519 e. The minimum absolute atomic E-state index is 0.666. The molecule has 0 aromatic heterocycles. The molecule has 0 aliphatic heterocycles. The van der Waals surface area contributed by atoms with Gasteiger partial charge in [-0.25, -0.2) is 31.1 Å². The summed E-state index contributed by atoms with van der Waals surface area (Å²) >= 11 is 0. The van der Waals surface area contributed by atoms with Crippen LogP contribution >= 0.6 is 0 Å². The minimum atomic E-state index is -1.75. The first-order chi connectivity index (χ1) is 12.0. The maximum Gasteiger partial charge on any atom is 0.519 e. The SMILES string of the molecule is Cc1c(F)c(F)c(C)c(OC(=O)Oc2c(C)c(F)c(F)c(C)c2F)c1F. The number of hydrogen-bond acceptors (Lipinski definition) is 3. The van der Waals surface area contributed by atoms with Crippen molar-refractivity contribution in [3.63, 3.8) is 0 Å². The molecular weight excluding hydrogens is 366 g/mol. The van der Waals surface area contributed by atoms with Gasteiger partial charge in [0.2, 0.25) is 0 Å². The predicted molar refractivity (Wildman–Crippen MR) is 78.2 cm³/mol. The van der Waals surface area contributed by atoms with Crippen LogP contribution in [0.25, 0.3) is 0 Å². The monoisotopic (exact) mass is 378 g/mol. The van der Waals surface area contributed by atoms with Crippen LogP contribution in [0.15, 0.2) is 0 Å². The number of carbonyl (C=O) groups excluding carboxylic acids is 1. The van der Waals surface area contributed by atoms with Crippen LogP contribution in [0.2, 0.25) is 0 Å². The molecule has 0 heterocycles. The standard InChI is InChI=1S/C17H12F6O3/c1-5-9(18)11(20)7(3)15(13(5)22)25-17(24)26-16-8(4)12(21)10(19)6(2)14(16)23/h1-4H3. The average Bonchev–Trinajstić information content (AvgIpc) is 2.62. The third kappa shape index (κ3) is 3.09. The summed E-state index contributed by atoms with van der Waals surface area (Å²) < 4.78 is 91.2. The molecule has 0 amide bonds. The number of ether oxygens (including phenoxy) is 2. The van der Waals surface area contributed by atoms with E-state index in [0.29, 0.717) is 0 Å². The fourth-order valence-electron chi connectivity index (χ4n) is 2.15. The lowest BCUT2D eigenvalue weighted by atomic mass is 10.1. The van der Waals surface area contributed by atoms with Crippen LogP contribution in [0.4, 0.5) is 31.1 Å². The molecule has 3 nitrogen and oxygen atoms in total. The van der Waals surface area contributed by atoms with E-state index < -0.39 is 74.8 Å². The molecule has 0 unspecified atom stereocenters. The van der Waals surface area contributed by atoms with Gasteiger partial charge >= 0.3 is 6.16 Å². The van der Waals surface area contributed by atoms with Crippen LogP contribution in [0.1, 0.15) is 22.3 Å². The van der Waals surface area contributed by atoms with Crippen molar-refractivity contribution in [3.8, 4) is 11.5 Å². The first-order valence-corrected chi connectivity index (χ1v) is 7.15. The fraction of sp³-hybridized carbons (Fsp3) is 0.235. The van der Waals surface area contributed by atoms with Crippen molar-refractivity contribution in [1.82, 2.24) is 0 Å². The molecular formula is C17H12F6O3. The van der Waals surface area contributed by atoms with Crippen LogP contribution < -0.4 is 9.47 Å². The molecule has 0 aliphatic rings. The highest BCUT2D eigenvalue weighted by Crippen LogP contribution is 2.33. The number of benzene rings is 2. The summed E-state index contributed by atoms with van der Waals surface area (Å²) in [4.78, 5) is 11.8. The van der Waals surface area contributed by atoms with Gasteiger partial charge in [-0.05, 0) is 27.7 Å². The number of halogens is 6. The smallest absolute Gasteiger partial charge is 0.391 e. The average molecular weight is 378 g/mol. The quantitative estimate of drug-likeness (QED) is 0.307. The second kappa shape index (κ2) is 6.89. The van der Waals surface area contributed by atoms with Crippen LogP contribution in [0, 0.1) is 62.6 Å². The highest BCUT2D eigenvalue weighted by Gasteiger charge is 2.27. The van der Waals surface area contributed by atoms with Crippen molar-refractivity contribution >= 4 is 6.16 Å². The van der Waals surface area contributed by atoms with Crippen LogP contribution in [-0.2, 0) is 0 Å². The Bertz CT molecular complexity index is 792. The molecule has 2 aromatic rings. The molecule has 0 fully saturated rings. The van der Waals surface area contributed by atoms with E-state index in [9.17, 15) is 31.1 Å². The van der Waals surface area contributed by atoms with E-state index in [1.165, 1.54) is 0 Å². The first-order valence-electron chi connectivity index (χ1n) is 7.15. The number of hydrogen-bond donors (Lipinski definition) is 0. The van der Waals surface area contributed by atoms with E-state index in [2.05, 4.69) is 9.47 Å². The van der Waals surface area contributed by atoms with Crippen molar-refractivity contribution in [3.05, 3.63) is 57.2 Å². The molecule has 0 atom stereocenters. The third-order valence-electron chi connectivity index (χ3n) is 3.81. The molecule has 0 saturated carbocycles. The van der Waals surface area contributed by atoms with Crippen molar-refractivity contribution in [2.75, 3.05) is 0 Å². The van der Waals surface area contributed by atoms with Gasteiger partial charge in [-0.2, -0.15) is 0 Å². The van der Waals surface area contributed by atoms with Gasteiger partial charge in [0.25, 0.3) is 0 Å². The van der Waals surface area contributed by atoms with Gasteiger partial charge in [0.05, 0.1) is 0 Å². The van der Waals surface area contributed by atoms with Gasteiger partial charge in [0, 0.05) is 22.3 Å². The third-order valence-corrected chi connectivity index (χ3v) is 3.81. The molecule has 2 aromatic carbocycles. The Balaban J connectivity index is 2.41. The summed E-state index contributed by atoms with van der Waals surface area (Å²) in [5, 5.41) is 0. The Morgan fingerprint density at radius 3 is 1.12 bits per heavy atom. The zero-order chi connectivity index (χ0) is 19.9. The summed E-state index contributed by atoms with van der Waals surface area (Å²) in [6.45, 7) is 3.70. The lowest BCUT2D eigenvalue weighted by molar-refractivity contribution is 0.146. The minimum Gasteiger partial charge on any atom is -0.391 e.